The topological polar surface area (TPSA) is 68.0 Å². The molecule has 0 bridgehead atoms. The second kappa shape index (κ2) is 9.05. The number of nitrogens with one attached hydrogen (secondary N) is 1. The van der Waals surface area contributed by atoms with E-state index in [1.807, 2.05) is 60.7 Å². The first-order valence-corrected chi connectivity index (χ1v) is 9.81. The molecule has 0 radical (unpaired) electrons. The molecule has 4 rings (SSSR count). The fourth-order valence-corrected chi connectivity index (χ4v) is 3.18. The summed E-state index contributed by atoms with van der Waals surface area (Å²) in [4.78, 5) is 17.2. The van der Waals surface area contributed by atoms with Crippen molar-refractivity contribution in [1.29, 1.82) is 0 Å². The molecule has 1 aromatic heterocycles. The van der Waals surface area contributed by atoms with Crippen LogP contribution in [0.5, 0.6) is 0 Å². The molecule has 0 aliphatic heterocycles. The number of halogens is 3. The van der Waals surface area contributed by atoms with Gasteiger partial charge in [0.1, 0.15) is 6.04 Å². The summed E-state index contributed by atoms with van der Waals surface area (Å²) in [5, 5.41) is 6.81. The number of hydrogen-bond acceptors (Lipinski definition) is 4. The molecule has 162 valence electrons. The van der Waals surface area contributed by atoms with Crippen LogP contribution in [0, 0.1) is 0 Å². The number of carbonyl (C=O) groups is 1. The summed E-state index contributed by atoms with van der Waals surface area (Å²) in [6, 6.07) is 22.0. The maximum Gasteiger partial charge on any atom is 0.416 e. The van der Waals surface area contributed by atoms with Crippen LogP contribution in [0.25, 0.3) is 11.4 Å². The summed E-state index contributed by atoms with van der Waals surface area (Å²) < 4.78 is 43.9. The fourth-order valence-electron chi connectivity index (χ4n) is 3.18. The number of benzene rings is 3. The molecule has 8 heteroatoms. The lowest BCUT2D eigenvalue weighted by molar-refractivity contribution is -0.137. The van der Waals surface area contributed by atoms with Gasteiger partial charge in [-0.3, -0.25) is 4.79 Å². The summed E-state index contributed by atoms with van der Waals surface area (Å²) >= 11 is 0. The Labute approximate surface area is 181 Å². The lowest BCUT2D eigenvalue weighted by Gasteiger charge is -2.16. The van der Waals surface area contributed by atoms with Gasteiger partial charge in [0.05, 0.1) is 5.56 Å². The van der Waals surface area contributed by atoms with Crippen molar-refractivity contribution in [2.45, 2.75) is 18.6 Å². The van der Waals surface area contributed by atoms with Crippen molar-refractivity contribution in [3.8, 4) is 11.4 Å². The van der Waals surface area contributed by atoms with Gasteiger partial charge in [0.25, 0.3) is 5.91 Å². The van der Waals surface area contributed by atoms with Crippen molar-refractivity contribution >= 4 is 5.91 Å². The summed E-state index contributed by atoms with van der Waals surface area (Å²) in [6.45, 7) is 0. The highest BCUT2D eigenvalue weighted by Gasteiger charge is 2.30. The van der Waals surface area contributed by atoms with Gasteiger partial charge in [0.2, 0.25) is 11.7 Å². The molecule has 0 fully saturated rings. The number of nitrogens with zero attached hydrogens (tertiary/aromatic N) is 2. The number of carbonyl (C=O) groups excluding carboxylic acids is 1. The van der Waals surface area contributed by atoms with Crippen molar-refractivity contribution in [2.24, 2.45) is 0 Å². The minimum absolute atomic E-state index is 0.0962. The van der Waals surface area contributed by atoms with Crippen molar-refractivity contribution in [3.05, 3.63) is 108 Å². The first-order valence-electron chi connectivity index (χ1n) is 9.81. The van der Waals surface area contributed by atoms with Gasteiger partial charge in [0.15, 0.2) is 0 Å². The second-order valence-corrected chi connectivity index (χ2v) is 7.11. The monoisotopic (exact) mass is 437 g/mol. The molecule has 4 aromatic rings. The average molecular weight is 437 g/mol. The second-order valence-electron chi connectivity index (χ2n) is 7.11. The molecule has 1 unspecified atom stereocenters. The third-order valence-corrected chi connectivity index (χ3v) is 4.83. The van der Waals surface area contributed by atoms with Crippen LogP contribution in [-0.4, -0.2) is 16.0 Å². The Morgan fingerprint density at radius 1 is 0.906 bits per heavy atom. The van der Waals surface area contributed by atoms with Gasteiger partial charge in [-0.25, -0.2) is 0 Å². The van der Waals surface area contributed by atoms with Gasteiger partial charge in [-0.1, -0.05) is 65.8 Å². The van der Waals surface area contributed by atoms with Gasteiger partial charge < -0.3 is 9.84 Å². The van der Waals surface area contributed by atoms with Crippen LogP contribution in [0.2, 0.25) is 0 Å². The number of hydrogen-bond donors (Lipinski definition) is 1. The van der Waals surface area contributed by atoms with E-state index in [9.17, 15) is 18.0 Å². The Balaban J connectivity index is 1.59. The smallest absolute Gasteiger partial charge is 0.340 e. The Morgan fingerprint density at radius 3 is 2.16 bits per heavy atom. The van der Waals surface area contributed by atoms with Crippen LogP contribution in [0.4, 0.5) is 13.2 Å². The Bertz CT molecular complexity index is 1170. The zero-order chi connectivity index (χ0) is 22.6. The molecule has 0 saturated carbocycles. The number of amides is 1. The number of aromatic nitrogens is 2. The summed E-state index contributed by atoms with van der Waals surface area (Å²) in [7, 11) is 0. The highest BCUT2D eigenvalue weighted by atomic mass is 19.4. The van der Waals surface area contributed by atoms with Crippen molar-refractivity contribution in [1.82, 2.24) is 15.5 Å². The molecule has 3 aromatic carbocycles. The van der Waals surface area contributed by atoms with E-state index in [-0.39, 0.29) is 11.5 Å². The normalized spacial score (nSPS) is 12.3. The maximum atomic E-state index is 12.8. The highest BCUT2D eigenvalue weighted by molar-refractivity contribution is 5.94. The van der Waals surface area contributed by atoms with E-state index >= 15 is 0 Å². The molecule has 0 spiro atoms. The highest BCUT2D eigenvalue weighted by Crippen LogP contribution is 2.29. The first kappa shape index (κ1) is 21.3. The lowest BCUT2D eigenvalue weighted by atomic mass is 10.0. The predicted molar refractivity (Wildman–Crippen MR) is 112 cm³/mol. The first-order chi connectivity index (χ1) is 15.4. The molecule has 1 atom stereocenters. The van der Waals surface area contributed by atoms with Gasteiger partial charge in [-0.2, -0.15) is 18.2 Å². The zero-order valence-corrected chi connectivity index (χ0v) is 16.7. The van der Waals surface area contributed by atoms with Crippen LogP contribution in [-0.2, 0) is 12.6 Å². The standard InChI is InChI=1S/C24H18F3N3O2/c25-24(26,27)19-13-11-18(12-14-19)22(31)28-20(15-16-7-3-1-4-8-16)23-29-21(30-32-23)17-9-5-2-6-10-17/h1-14,20H,15H2,(H,28,31). The van der Waals surface area contributed by atoms with Crippen LogP contribution >= 0.6 is 0 Å². The molecular formula is C24H18F3N3O2. The van der Waals surface area contributed by atoms with Crippen LogP contribution in [0.15, 0.2) is 89.5 Å². The minimum Gasteiger partial charge on any atom is -0.340 e. The quantitative estimate of drug-likeness (QED) is 0.434. The van der Waals surface area contributed by atoms with Crippen molar-refractivity contribution in [3.63, 3.8) is 0 Å². The molecule has 1 N–H and O–H groups in total. The van der Waals surface area contributed by atoms with E-state index in [1.54, 1.807) is 0 Å². The van der Waals surface area contributed by atoms with Crippen LogP contribution in [0.1, 0.15) is 33.4 Å². The van der Waals surface area contributed by atoms with Crippen molar-refractivity contribution < 1.29 is 22.5 Å². The molecule has 32 heavy (non-hydrogen) atoms. The van der Waals surface area contributed by atoms with Crippen LogP contribution < -0.4 is 5.32 Å². The number of alkyl halides is 3. The molecular weight excluding hydrogens is 419 g/mol. The Hall–Kier alpha value is -3.94. The Morgan fingerprint density at radius 2 is 1.53 bits per heavy atom. The van der Waals surface area contributed by atoms with Gasteiger partial charge in [-0.05, 0) is 29.8 Å². The largest absolute Gasteiger partial charge is 0.416 e. The number of rotatable bonds is 6. The van der Waals surface area contributed by atoms with E-state index in [2.05, 4.69) is 15.5 Å². The zero-order valence-electron chi connectivity index (χ0n) is 16.7. The molecule has 0 aliphatic rings. The van der Waals surface area contributed by atoms with E-state index in [0.29, 0.717) is 12.2 Å². The average Bonchev–Trinajstić information content (AvgIpc) is 3.30. The summed E-state index contributed by atoms with van der Waals surface area (Å²) in [5.74, 6) is 0.0366. The third-order valence-electron chi connectivity index (χ3n) is 4.83. The molecule has 1 amide bonds. The third kappa shape index (κ3) is 5.03. The molecule has 5 nitrogen and oxygen atoms in total. The SMILES string of the molecule is O=C(NC(Cc1ccccc1)c1nc(-c2ccccc2)no1)c1ccc(C(F)(F)F)cc1. The van der Waals surface area contributed by atoms with Gasteiger partial charge in [-0.15, -0.1) is 0 Å². The summed E-state index contributed by atoms with van der Waals surface area (Å²) in [5.41, 5.74) is 0.956. The van der Waals surface area contributed by atoms with Gasteiger partial charge >= 0.3 is 6.18 Å². The van der Waals surface area contributed by atoms with Gasteiger partial charge in [0, 0.05) is 17.5 Å². The van der Waals surface area contributed by atoms with E-state index < -0.39 is 23.7 Å². The van der Waals surface area contributed by atoms with Crippen LogP contribution in [0.3, 0.4) is 0 Å². The lowest BCUT2D eigenvalue weighted by Crippen LogP contribution is -2.30. The Kier molecular flexibility index (Phi) is 6.02. The molecule has 0 aliphatic carbocycles. The maximum absolute atomic E-state index is 12.8. The van der Waals surface area contributed by atoms with Crippen molar-refractivity contribution in [2.75, 3.05) is 0 Å². The summed E-state index contributed by atoms with van der Waals surface area (Å²) in [6.07, 6.45) is -4.11. The van der Waals surface area contributed by atoms with E-state index in [4.69, 9.17) is 4.52 Å². The minimum atomic E-state index is -4.47. The predicted octanol–water partition coefficient (Wildman–Crippen LogP) is 5.47. The molecule has 0 saturated heterocycles. The molecule has 1 heterocycles. The fraction of sp³-hybridized carbons (Fsp3) is 0.125. The van der Waals surface area contributed by atoms with E-state index in [1.165, 1.54) is 0 Å². The van der Waals surface area contributed by atoms with E-state index in [0.717, 1.165) is 35.4 Å².